The van der Waals surface area contributed by atoms with Crippen molar-refractivity contribution in [1.82, 2.24) is 15.1 Å². The maximum absolute atomic E-state index is 14.4. The summed E-state index contributed by atoms with van der Waals surface area (Å²) in [6, 6.07) is 20.7. The molecule has 7 aliphatic heterocycles. The number of carbonyl (C=O) groups is 2. The van der Waals surface area contributed by atoms with Crippen molar-refractivity contribution in [2.45, 2.75) is 109 Å². The van der Waals surface area contributed by atoms with Crippen molar-refractivity contribution < 1.29 is 83.5 Å². The van der Waals surface area contributed by atoms with E-state index < -0.39 is 27.1 Å². The molecule has 4 aromatic carbocycles. The Morgan fingerprint density at radius 2 is 0.908 bits per heavy atom. The minimum atomic E-state index is -3.62. The van der Waals surface area contributed by atoms with Crippen molar-refractivity contribution >= 4 is 39.4 Å². The van der Waals surface area contributed by atoms with Gasteiger partial charge in [-0.15, -0.1) is 0 Å². The topological polar surface area (TPSA) is 220 Å². The molecule has 0 bridgehead atoms. The smallest absolute Gasteiger partial charge is 0.410 e. The lowest BCUT2D eigenvalue weighted by atomic mass is 10.2. The van der Waals surface area contributed by atoms with Gasteiger partial charge in [-0.05, 0) is 97.0 Å². The van der Waals surface area contributed by atoms with Crippen LogP contribution in [0.25, 0.3) is 0 Å². The van der Waals surface area contributed by atoms with Gasteiger partial charge in [0.2, 0.25) is 0 Å². The summed E-state index contributed by atoms with van der Waals surface area (Å²) in [5.41, 5.74) is 1.62. The van der Waals surface area contributed by atoms with Crippen LogP contribution < -0.4 is 29.5 Å². The molecule has 25 heteroatoms. The molecule has 0 spiro atoms. The van der Waals surface area contributed by atoms with E-state index >= 15 is 0 Å². The number of ether oxygens (including phenoxy) is 8. The Bertz CT molecular complexity index is 2870. The van der Waals surface area contributed by atoms with Crippen LogP contribution in [0.4, 0.5) is 39.8 Å². The monoisotopic (exact) mass is 1250 g/mol. The number of carbonyl (C=O) groups excluding carboxylic acids is 2. The maximum atomic E-state index is 14.4. The first kappa shape index (κ1) is 69.8. The van der Waals surface area contributed by atoms with Gasteiger partial charge in [0.1, 0.15) is 70.3 Å². The zero-order valence-electron chi connectivity index (χ0n) is 51.6. The van der Waals surface area contributed by atoms with Gasteiger partial charge >= 0.3 is 12.2 Å². The van der Waals surface area contributed by atoms with E-state index in [4.69, 9.17) is 42.4 Å². The highest BCUT2D eigenvalue weighted by Gasteiger charge is 2.31. The van der Waals surface area contributed by atoms with Crippen LogP contribution >= 0.6 is 0 Å². The van der Waals surface area contributed by atoms with E-state index in [-0.39, 0.29) is 58.9 Å². The van der Waals surface area contributed by atoms with Crippen LogP contribution in [0.1, 0.15) is 67.4 Å². The number of nitrogens with zero attached hydrogens (tertiary/aromatic N) is 5. The summed E-state index contributed by atoms with van der Waals surface area (Å²) in [7, 11) is -3.62. The molecule has 0 saturated carbocycles. The minimum absolute atomic E-state index is 0.0163. The van der Waals surface area contributed by atoms with Gasteiger partial charge in [-0.3, -0.25) is 4.18 Å². The molecule has 7 heterocycles. The fourth-order valence-electron chi connectivity index (χ4n) is 8.59. The number of anilines is 3. The van der Waals surface area contributed by atoms with Gasteiger partial charge in [-0.2, -0.15) is 8.42 Å². The Morgan fingerprint density at radius 3 is 1.23 bits per heavy atom. The summed E-state index contributed by atoms with van der Waals surface area (Å²) < 4.78 is 112. The van der Waals surface area contributed by atoms with E-state index in [9.17, 15) is 36.3 Å². The summed E-state index contributed by atoms with van der Waals surface area (Å²) in [5.74, 6) is 0.0177. The first-order valence-electron chi connectivity index (χ1n) is 29.6. The molecule has 484 valence electrons. The molecule has 3 N–H and O–H groups in total. The lowest BCUT2D eigenvalue weighted by Gasteiger charge is -2.37. The number of aryl methyl sites for hydroxylation is 1. The van der Waals surface area contributed by atoms with Crippen molar-refractivity contribution in [3.63, 3.8) is 0 Å². The number of rotatable bonds is 10. The van der Waals surface area contributed by atoms with Gasteiger partial charge < -0.3 is 77.9 Å². The number of aromatic hydroxyl groups is 1. The molecule has 0 radical (unpaired) electrons. The van der Waals surface area contributed by atoms with Crippen LogP contribution in [-0.4, -0.2) is 208 Å². The van der Waals surface area contributed by atoms with Gasteiger partial charge in [0.25, 0.3) is 10.1 Å². The van der Waals surface area contributed by atoms with Crippen molar-refractivity contribution in [3.05, 3.63) is 102 Å². The summed E-state index contributed by atoms with van der Waals surface area (Å²) in [6.45, 7) is 28.9. The number of amides is 2. The lowest BCUT2D eigenvalue weighted by Crippen LogP contribution is -2.50. The Kier molecular flexibility index (Phi) is 26.7. The van der Waals surface area contributed by atoms with Crippen molar-refractivity contribution in [2.24, 2.45) is 0 Å². The van der Waals surface area contributed by atoms with Crippen LogP contribution in [0.2, 0.25) is 0 Å². The van der Waals surface area contributed by atoms with Crippen LogP contribution in [0.5, 0.6) is 17.2 Å². The van der Waals surface area contributed by atoms with Gasteiger partial charge in [-0.1, -0.05) is 38.0 Å². The maximum Gasteiger partial charge on any atom is 0.410 e. The third-order valence-electron chi connectivity index (χ3n) is 13.4. The molecular weight excluding hydrogens is 1160 g/mol. The van der Waals surface area contributed by atoms with Crippen molar-refractivity contribution in [3.8, 4) is 17.2 Å². The van der Waals surface area contributed by atoms with E-state index in [1.54, 1.807) is 58.3 Å². The van der Waals surface area contributed by atoms with Crippen LogP contribution in [0.3, 0.4) is 0 Å². The van der Waals surface area contributed by atoms with Crippen LogP contribution in [0, 0.1) is 24.4 Å². The van der Waals surface area contributed by atoms with Gasteiger partial charge in [-0.25, -0.2) is 22.8 Å². The van der Waals surface area contributed by atoms with Gasteiger partial charge in [0, 0.05) is 96.7 Å². The second-order valence-corrected chi connectivity index (χ2v) is 25.1. The molecule has 4 aromatic rings. The van der Waals surface area contributed by atoms with E-state index in [1.807, 2.05) is 64.3 Å². The first-order chi connectivity index (χ1) is 41.3. The molecule has 0 atom stereocenters. The second kappa shape index (κ2) is 33.3. The average Bonchev–Trinajstić information content (AvgIpc) is 3.54. The highest BCUT2D eigenvalue weighted by atomic mass is 32.2. The number of phenols is 1. The number of benzene rings is 4. The number of halogens is 3. The van der Waals surface area contributed by atoms with E-state index in [1.165, 1.54) is 24.6 Å². The summed E-state index contributed by atoms with van der Waals surface area (Å²) >= 11 is 0. The number of hydrogen-bond acceptors (Lipinski definition) is 19. The van der Waals surface area contributed by atoms with E-state index in [0.29, 0.717) is 134 Å². The molecule has 0 unspecified atom stereocenters. The molecule has 2 amide bonds. The van der Waals surface area contributed by atoms with Crippen molar-refractivity contribution in [2.75, 3.05) is 146 Å². The molecule has 21 nitrogen and oxygen atoms in total. The number of phenolic OH excluding ortho intramolecular Hbond substituents is 1. The van der Waals surface area contributed by atoms with Crippen molar-refractivity contribution in [1.29, 1.82) is 0 Å². The van der Waals surface area contributed by atoms with Gasteiger partial charge in [0.15, 0.2) is 0 Å². The SMILES string of the molecule is CC(C)(C)OC(=O)N1CCN(c2ccc(O)cc2F)CC1.CC(C)(C)OC(=O)N1CCN(c2ccc(OC3COC3)cc2F)CC1.CCC.Cc1ccc(S(=O)(=O)OC2COC2)cc1.Fc1cc(OC2COC2)ccc1N1CCNCC1.OC1COC1. The number of piperazine rings is 3. The Hall–Kier alpha value is -6.32. The molecule has 11 rings (SSSR count). The fourth-order valence-corrected chi connectivity index (χ4v) is 9.64. The molecular formula is C62H89F3N6O15S. The molecule has 7 fully saturated rings. The highest BCUT2D eigenvalue weighted by molar-refractivity contribution is 7.86. The first-order valence-corrected chi connectivity index (χ1v) is 31.0. The predicted molar refractivity (Wildman–Crippen MR) is 323 cm³/mol. The fraction of sp³-hybridized carbons (Fsp3) is 0.581. The largest absolute Gasteiger partial charge is 0.508 e. The summed E-state index contributed by atoms with van der Waals surface area (Å²) in [5, 5.41) is 20.8. The van der Waals surface area contributed by atoms with Crippen LogP contribution in [-0.2, 0) is 42.7 Å². The summed E-state index contributed by atoms with van der Waals surface area (Å²) in [6.07, 6.45) is 0.204. The predicted octanol–water partition coefficient (Wildman–Crippen LogP) is 8.15. The second-order valence-electron chi connectivity index (χ2n) is 23.5. The number of nitrogens with one attached hydrogen (secondary N) is 1. The van der Waals surface area contributed by atoms with Gasteiger partial charge in [0.05, 0.1) is 74.8 Å². The lowest BCUT2D eigenvalue weighted by molar-refractivity contribution is -0.0936. The minimum Gasteiger partial charge on any atom is -0.508 e. The quantitative estimate of drug-likeness (QED) is 0.128. The number of aliphatic hydroxyl groups is 1. The molecule has 0 aliphatic carbocycles. The Morgan fingerprint density at radius 1 is 0.552 bits per heavy atom. The zero-order chi connectivity index (χ0) is 63.3. The Labute approximate surface area is 510 Å². The zero-order valence-corrected chi connectivity index (χ0v) is 52.5. The third-order valence-corrected chi connectivity index (χ3v) is 14.8. The molecule has 7 saturated heterocycles. The molecule has 0 aromatic heterocycles. The number of aliphatic hydroxyl groups excluding tert-OH is 1. The van der Waals surface area contributed by atoms with E-state index in [2.05, 4.69) is 28.8 Å². The van der Waals surface area contributed by atoms with Crippen LogP contribution in [0.15, 0.2) is 83.8 Å². The normalized spacial score (nSPS) is 18.2. The third kappa shape index (κ3) is 23.3. The van der Waals surface area contributed by atoms with E-state index in [0.717, 1.165) is 37.8 Å². The standard InChI is InChI=1S/C18H25FN2O4.C15H21FN2O3.C13H17FN2O2.C10H12O4S.C3H6O2.C3H8/c1-18(2,3)25-17(22)21-8-6-20(7-9-21)16-5-4-13(10-15(16)19)24-14-11-23-12-14;1-15(2,3)21-14(20)18-8-6-17(7-9-18)13-5-4-11(19)10-12(13)16;14-12-7-10(18-11-8-17-9-11)1-2-13(12)16-5-3-15-4-6-16;1-8-2-4-10(5-3-8)15(11,12)14-9-6-13-7-9;4-3-1-5-2-3;1-3-2/h4-5,10,14H,6-9,11-12H2,1-3H3;4-5,10,19H,6-9H2,1-3H3;1-2,7,11,15H,3-6,8-9H2;2-5,9H,6-7H2,1H3;3-4H,1-2H2;3H2,1-2H3. The molecule has 7 aliphatic rings. The Balaban J connectivity index is 0.000000179. The average molecular weight is 1250 g/mol. The highest BCUT2D eigenvalue weighted by Crippen LogP contribution is 2.29. The molecule has 87 heavy (non-hydrogen) atoms. The summed E-state index contributed by atoms with van der Waals surface area (Å²) in [4.78, 5) is 33.4. The number of hydrogen-bond donors (Lipinski definition) is 3.